The summed E-state index contributed by atoms with van der Waals surface area (Å²) in [5, 5.41) is 7.33. The van der Waals surface area contributed by atoms with E-state index < -0.39 is 0 Å². The number of anilines is 1. The highest BCUT2D eigenvalue weighted by molar-refractivity contribution is 6.30. The topological polar surface area (TPSA) is 79.8 Å². The molecule has 0 aliphatic carbocycles. The number of carbonyl (C=O) groups excluding carboxylic acids is 2. The molecule has 2 N–H and O–H groups in total. The van der Waals surface area contributed by atoms with Gasteiger partial charge in [-0.25, -0.2) is 5.43 Å². The first-order chi connectivity index (χ1) is 14.9. The lowest BCUT2D eigenvalue weighted by Gasteiger charge is -2.09. The molecule has 0 aliphatic heterocycles. The predicted octanol–water partition coefficient (Wildman–Crippen LogP) is 4.74. The number of benzene rings is 3. The number of nitrogens with zero attached hydrogens (tertiary/aromatic N) is 1. The SMILES string of the molecule is Cc1ccc(NC(=O)COc2cccc(/C=N\NC(=O)c3ccc(Cl)cc3)c2)cc1C. The molecule has 7 heteroatoms. The summed E-state index contributed by atoms with van der Waals surface area (Å²) >= 11 is 5.81. The van der Waals surface area contributed by atoms with E-state index in [4.69, 9.17) is 16.3 Å². The molecule has 0 atom stereocenters. The number of halogens is 1. The van der Waals surface area contributed by atoms with Crippen molar-refractivity contribution in [3.63, 3.8) is 0 Å². The second kappa shape index (κ2) is 10.4. The Bertz CT molecular complexity index is 1110. The van der Waals surface area contributed by atoms with Gasteiger partial charge in [0.05, 0.1) is 6.21 Å². The number of carbonyl (C=O) groups is 2. The lowest BCUT2D eigenvalue weighted by molar-refractivity contribution is -0.118. The Morgan fingerprint density at radius 1 is 1.00 bits per heavy atom. The summed E-state index contributed by atoms with van der Waals surface area (Å²) in [7, 11) is 0. The van der Waals surface area contributed by atoms with Crippen LogP contribution in [0.25, 0.3) is 0 Å². The van der Waals surface area contributed by atoms with E-state index in [0.29, 0.717) is 21.9 Å². The molecule has 0 fully saturated rings. The van der Waals surface area contributed by atoms with Crippen molar-refractivity contribution in [3.05, 3.63) is 94.0 Å². The zero-order chi connectivity index (χ0) is 22.2. The Labute approximate surface area is 185 Å². The summed E-state index contributed by atoms with van der Waals surface area (Å²) < 4.78 is 5.57. The van der Waals surface area contributed by atoms with Crippen molar-refractivity contribution in [1.29, 1.82) is 0 Å². The summed E-state index contributed by atoms with van der Waals surface area (Å²) in [5.41, 5.74) is 6.62. The van der Waals surface area contributed by atoms with E-state index in [1.165, 1.54) is 6.21 Å². The van der Waals surface area contributed by atoms with Gasteiger partial charge in [0.15, 0.2) is 6.61 Å². The first kappa shape index (κ1) is 22.1. The van der Waals surface area contributed by atoms with Crippen molar-refractivity contribution < 1.29 is 14.3 Å². The van der Waals surface area contributed by atoms with Gasteiger partial charge in [-0.2, -0.15) is 5.10 Å². The Morgan fingerprint density at radius 3 is 2.52 bits per heavy atom. The highest BCUT2D eigenvalue weighted by Gasteiger charge is 2.06. The van der Waals surface area contributed by atoms with Crippen LogP contribution in [0.15, 0.2) is 71.8 Å². The van der Waals surface area contributed by atoms with Crippen LogP contribution in [0.3, 0.4) is 0 Å². The van der Waals surface area contributed by atoms with Crippen LogP contribution < -0.4 is 15.5 Å². The molecule has 0 heterocycles. The molecule has 3 aromatic rings. The van der Waals surface area contributed by atoms with Gasteiger partial charge in [0, 0.05) is 16.3 Å². The fourth-order valence-corrected chi connectivity index (χ4v) is 2.81. The summed E-state index contributed by atoms with van der Waals surface area (Å²) in [6.45, 7) is 3.89. The Morgan fingerprint density at radius 2 is 1.77 bits per heavy atom. The number of amides is 2. The van der Waals surface area contributed by atoms with Crippen LogP contribution >= 0.6 is 11.6 Å². The maximum absolute atomic E-state index is 12.2. The zero-order valence-electron chi connectivity index (χ0n) is 17.2. The monoisotopic (exact) mass is 435 g/mol. The zero-order valence-corrected chi connectivity index (χ0v) is 17.9. The van der Waals surface area contributed by atoms with Crippen LogP contribution in [0.2, 0.25) is 5.02 Å². The molecule has 0 unspecified atom stereocenters. The van der Waals surface area contributed by atoms with Gasteiger partial charge in [-0.15, -0.1) is 0 Å². The molecule has 158 valence electrons. The summed E-state index contributed by atoms with van der Waals surface area (Å²) in [4.78, 5) is 24.2. The largest absolute Gasteiger partial charge is 0.484 e. The minimum absolute atomic E-state index is 0.124. The van der Waals surface area contributed by atoms with Gasteiger partial charge < -0.3 is 10.1 Å². The standard InChI is InChI=1S/C24H22ClN3O3/c1-16-6-11-21(12-17(16)2)27-23(29)15-31-22-5-3-4-18(13-22)14-26-28-24(30)19-7-9-20(25)10-8-19/h3-14H,15H2,1-2H3,(H,27,29)(H,28,30)/b26-14-. The molecule has 3 aromatic carbocycles. The number of nitrogens with one attached hydrogen (secondary N) is 2. The maximum Gasteiger partial charge on any atom is 0.271 e. The van der Waals surface area contributed by atoms with E-state index in [2.05, 4.69) is 15.8 Å². The van der Waals surface area contributed by atoms with Crippen LogP contribution in [-0.4, -0.2) is 24.6 Å². The number of rotatable bonds is 7. The minimum Gasteiger partial charge on any atom is -0.484 e. The van der Waals surface area contributed by atoms with Gasteiger partial charge in [0.25, 0.3) is 11.8 Å². The molecule has 0 spiro atoms. The Hall–Kier alpha value is -3.64. The molecule has 6 nitrogen and oxygen atoms in total. The fraction of sp³-hybridized carbons (Fsp3) is 0.125. The molecular formula is C24H22ClN3O3. The second-order valence-electron chi connectivity index (χ2n) is 6.91. The first-order valence-electron chi connectivity index (χ1n) is 9.59. The highest BCUT2D eigenvalue weighted by Crippen LogP contribution is 2.15. The van der Waals surface area contributed by atoms with Crippen LogP contribution in [-0.2, 0) is 4.79 Å². The molecular weight excluding hydrogens is 414 g/mol. The third kappa shape index (κ3) is 6.69. The van der Waals surface area contributed by atoms with Gasteiger partial charge in [-0.05, 0) is 79.1 Å². The number of aryl methyl sites for hydroxylation is 2. The smallest absolute Gasteiger partial charge is 0.271 e. The Balaban J connectivity index is 1.51. The van der Waals surface area contributed by atoms with Gasteiger partial charge >= 0.3 is 0 Å². The average molecular weight is 436 g/mol. The fourth-order valence-electron chi connectivity index (χ4n) is 2.68. The van der Waals surface area contributed by atoms with Crippen LogP contribution in [0.4, 0.5) is 5.69 Å². The highest BCUT2D eigenvalue weighted by atomic mass is 35.5. The molecule has 3 rings (SSSR count). The summed E-state index contributed by atoms with van der Waals surface area (Å²) in [6, 6.07) is 19.3. The van der Waals surface area contributed by atoms with Crippen molar-refractivity contribution in [2.24, 2.45) is 5.10 Å². The second-order valence-corrected chi connectivity index (χ2v) is 7.35. The van der Waals surface area contributed by atoms with Crippen LogP contribution in [0.5, 0.6) is 5.75 Å². The lowest BCUT2D eigenvalue weighted by atomic mass is 10.1. The third-order valence-electron chi connectivity index (χ3n) is 4.50. The Kier molecular flexibility index (Phi) is 7.40. The van der Waals surface area contributed by atoms with Crippen LogP contribution in [0.1, 0.15) is 27.0 Å². The van der Waals surface area contributed by atoms with Crippen molar-refractivity contribution in [1.82, 2.24) is 5.43 Å². The van der Waals surface area contributed by atoms with E-state index in [0.717, 1.165) is 16.8 Å². The molecule has 0 saturated heterocycles. The third-order valence-corrected chi connectivity index (χ3v) is 4.76. The van der Waals surface area contributed by atoms with Gasteiger partial charge in [0.2, 0.25) is 0 Å². The molecule has 0 aliphatic rings. The average Bonchev–Trinajstić information content (AvgIpc) is 2.75. The predicted molar refractivity (Wildman–Crippen MR) is 123 cm³/mol. The molecule has 2 amide bonds. The van der Waals surface area contributed by atoms with E-state index in [-0.39, 0.29) is 18.4 Å². The first-order valence-corrected chi connectivity index (χ1v) is 9.97. The number of hydrazone groups is 1. The van der Waals surface area contributed by atoms with Gasteiger partial charge in [0.1, 0.15) is 5.75 Å². The minimum atomic E-state index is -0.344. The van der Waals surface area contributed by atoms with Crippen molar-refractivity contribution in [2.75, 3.05) is 11.9 Å². The number of ether oxygens (including phenoxy) is 1. The van der Waals surface area contributed by atoms with E-state index in [9.17, 15) is 9.59 Å². The number of hydrogen-bond acceptors (Lipinski definition) is 4. The molecule has 0 bridgehead atoms. The normalized spacial score (nSPS) is 10.7. The van der Waals surface area contributed by atoms with Crippen molar-refractivity contribution >= 4 is 35.3 Å². The molecule has 0 radical (unpaired) electrons. The van der Waals surface area contributed by atoms with Gasteiger partial charge in [-0.3, -0.25) is 9.59 Å². The van der Waals surface area contributed by atoms with Crippen molar-refractivity contribution in [2.45, 2.75) is 13.8 Å². The van der Waals surface area contributed by atoms with E-state index >= 15 is 0 Å². The molecule has 0 saturated carbocycles. The quantitative estimate of drug-likeness (QED) is 0.415. The summed E-state index contributed by atoms with van der Waals surface area (Å²) in [5.74, 6) is -0.0795. The number of hydrogen-bond donors (Lipinski definition) is 2. The van der Waals surface area contributed by atoms with E-state index in [1.807, 2.05) is 32.0 Å². The van der Waals surface area contributed by atoms with Crippen molar-refractivity contribution in [3.8, 4) is 5.75 Å². The lowest BCUT2D eigenvalue weighted by Crippen LogP contribution is -2.20. The van der Waals surface area contributed by atoms with Gasteiger partial charge in [-0.1, -0.05) is 29.8 Å². The molecule has 0 aromatic heterocycles. The van der Waals surface area contributed by atoms with Crippen LogP contribution in [0, 0.1) is 13.8 Å². The summed E-state index contributed by atoms with van der Waals surface area (Å²) in [6.07, 6.45) is 1.50. The molecule has 31 heavy (non-hydrogen) atoms. The maximum atomic E-state index is 12.2. The van der Waals surface area contributed by atoms with E-state index in [1.54, 1.807) is 48.5 Å².